The number of hydrogen-bond acceptors (Lipinski definition) is 5. The fraction of sp³-hybridized carbons (Fsp3) is 0.174. The Balaban J connectivity index is 1.56. The standard InChI is InChI=1S/C23H22N6O3/c1-23(2,3)20-12-16(17-13-24-28-21(17)27-20)14-8-10-15(11-9-14)25-22(30)26-18-6-4-5-7-19(18)29(31)32/h4-13H,1-3H3,(H,24,27,28)(H2,25,26,30). The minimum absolute atomic E-state index is 0.125. The number of para-hydroxylation sites is 2. The van der Waals surface area contributed by atoms with Gasteiger partial charge in [0.2, 0.25) is 0 Å². The average molecular weight is 430 g/mol. The van der Waals surface area contributed by atoms with E-state index in [0.29, 0.717) is 5.69 Å². The van der Waals surface area contributed by atoms with Crippen molar-refractivity contribution in [2.75, 3.05) is 10.6 Å². The SMILES string of the molecule is CC(C)(C)c1cc(-c2ccc(NC(=O)Nc3ccccc3[N+](=O)[O-])cc2)c2cn[nH]c2n1. The molecular weight excluding hydrogens is 408 g/mol. The van der Waals surface area contributed by atoms with Crippen LogP contribution < -0.4 is 10.6 Å². The number of nitro benzene ring substituents is 1. The van der Waals surface area contributed by atoms with E-state index in [1.807, 2.05) is 12.1 Å². The fourth-order valence-corrected chi connectivity index (χ4v) is 3.31. The maximum Gasteiger partial charge on any atom is 0.323 e. The first-order valence-electron chi connectivity index (χ1n) is 9.99. The van der Waals surface area contributed by atoms with Crippen LogP contribution in [0.25, 0.3) is 22.2 Å². The number of anilines is 2. The van der Waals surface area contributed by atoms with E-state index in [2.05, 4.69) is 52.7 Å². The molecule has 2 aromatic heterocycles. The third-order valence-corrected chi connectivity index (χ3v) is 4.99. The largest absolute Gasteiger partial charge is 0.323 e. The summed E-state index contributed by atoms with van der Waals surface area (Å²) in [6.45, 7) is 6.30. The van der Waals surface area contributed by atoms with E-state index in [4.69, 9.17) is 0 Å². The molecule has 0 fully saturated rings. The minimum atomic E-state index is -0.566. The smallest absolute Gasteiger partial charge is 0.308 e. The molecule has 0 unspecified atom stereocenters. The van der Waals surface area contributed by atoms with E-state index in [1.54, 1.807) is 30.5 Å². The Hall–Kier alpha value is -4.27. The lowest BCUT2D eigenvalue weighted by molar-refractivity contribution is -0.383. The lowest BCUT2D eigenvalue weighted by atomic mass is 9.89. The van der Waals surface area contributed by atoms with Crippen molar-refractivity contribution in [3.8, 4) is 11.1 Å². The molecule has 0 saturated carbocycles. The molecule has 2 amide bonds. The molecule has 3 N–H and O–H groups in total. The Bertz CT molecular complexity index is 1310. The fourth-order valence-electron chi connectivity index (χ4n) is 3.31. The molecule has 4 rings (SSSR count). The van der Waals surface area contributed by atoms with E-state index >= 15 is 0 Å². The van der Waals surface area contributed by atoms with Crippen LogP contribution >= 0.6 is 0 Å². The summed E-state index contributed by atoms with van der Waals surface area (Å²) >= 11 is 0. The maximum absolute atomic E-state index is 12.3. The van der Waals surface area contributed by atoms with E-state index in [-0.39, 0.29) is 16.8 Å². The van der Waals surface area contributed by atoms with Gasteiger partial charge in [0.1, 0.15) is 5.69 Å². The van der Waals surface area contributed by atoms with Crippen LogP contribution in [0.5, 0.6) is 0 Å². The van der Waals surface area contributed by atoms with Gasteiger partial charge in [-0.25, -0.2) is 9.78 Å². The lowest BCUT2D eigenvalue weighted by Gasteiger charge is -2.19. The number of nitrogens with one attached hydrogen (secondary N) is 3. The van der Waals surface area contributed by atoms with Crippen LogP contribution in [0.3, 0.4) is 0 Å². The molecule has 0 aliphatic heterocycles. The lowest BCUT2D eigenvalue weighted by Crippen LogP contribution is -2.20. The van der Waals surface area contributed by atoms with Gasteiger partial charge in [-0.1, -0.05) is 45.0 Å². The Kier molecular flexibility index (Phi) is 5.31. The molecule has 9 heteroatoms. The van der Waals surface area contributed by atoms with Gasteiger partial charge >= 0.3 is 6.03 Å². The van der Waals surface area contributed by atoms with Crippen molar-refractivity contribution in [2.24, 2.45) is 0 Å². The highest BCUT2D eigenvalue weighted by Crippen LogP contribution is 2.32. The summed E-state index contributed by atoms with van der Waals surface area (Å²) in [5, 5.41) is 24.3. The summed E-state index contributed by atoms with van der Waals surface area (Å²) in [6, 6.07) is 14.8. The first kappa shape index (κ1) is 21.0. The molecule has 162 valence electrons. The number of rotatable bonds is 4. The van der Waals surface area contributed by atoms with E-state index in [9.17, 15) is 14.9 Å². The van der Waals surface area contributed by atoms with E-state index in [1.165, 1.54) is 12.1 Å². The number of amides is 2. The second-order valence-electron chi connectivity index (χ2n) is 8.37. The molecule has 0 bridgehead atoms. The summed E-state index contributed by atoms with van der Waals surface area (Å²) < 4.78 is 0. The van der Waals surface area contributed by atoms with Gasteiger partial charge in [0.05, 0.1) is 11.1 Å². The molecule has 32 heavy (non-hydrogen) atoms. The zero-order valence-electron chi connectivity index (χ0n) is 17.8. The van der Waals surface area contributed by atoms with Gasteiger partial charge in [0.25, 0.3) is 5.69 Å². The van der Waals surface area contributed by atoms with E-state index in [0.717, 1.165) is 27.9 Å². The molecule has 0 spiro atoms. The van der Waals surface area contributed by atoms with Crippen LogP contribution in [0, 0.1) is 10.1 Å². The molecule has 0 atom stereocenters. The summed E-state index contributed by atoms with van der Waals surface area (Å²) in [6.07, 6.45) is 1.75. The van der Waals surface area contributed by atoms with Crippen molar-refractivity contribution >= 4 is 34.1 Å². The molecule has 4 aromatic rings. The van der Waals surface area contributed by atoms with E-state index < -0.39 is 11.0 Å². The molecule has 2 aromatic carbocycles. The van der Waals surface area contributed by atoms with Gasteiger partial charge in [0.15, 0.2) is 5.65 Å². The molecule has 2 heterocycles. The Morgan fingerprint density at radius 1 is 1.06 bits per heavy atom. The topological polar surface area (TPSA) is 126 Å². The van der Waals surface area contributed by atoms with Crippen molar-refractivity contribution in [1.29, 1.82) is 0 Å². The van der Waals surface area contributed by atoms with Gasteiger partial charge in [-0.2, -0.15) is 5.10 Å². The third-order valence-electron chi connectivity index (χ3n) is 4.99. The first-order valence-corrected chi connectivity index (χ1v) is 9.99. The molecule has 9 nitrogen and oxygen atoms in total. The van der Waals surface area contributed by atoms with Crippen LogP contribution in [0.4, 0.5) is 21.9 Å². The van der Waals surface area contributed by atoms with Crippen LogP contribution in [0.2, 0.25) is 0 Å². The third kappa shape index (κ3) is 4.27. The number of H-pyrrole nitrogens is 1. The predicted octanol–water partition coefficient (Wildman–Crippen LogP) is 5.47. The Labute approximate surface area is 184 Å². The number of benzene rings is 2. The number of aromatic nitrogens is 3. The van der Waals surface area contributed by atoms with Crippen molar-refractivity contribution in [2.45, 2.75) is 26.2 Å². The number of fused-ring (bicyclic) bond motifs is 1. The van der Waals surface area contributed by atoms with Gasteiger partial charge < -0.3 is 10.6 Å². The second-order valence-corrected chi connectivity index (χ2v) is 8.37. The summed E-state index contributed by atoms with van der Waals surface area (Å²) in [7, 11) is 0. The monoisotopic (exact) mass is 430 g/mol. The number of carbonyl (C=O) groups is 1. The minimum Gasteiger partial charge on any atom is -0.308 e. The number of urea groups is 1. The van der Waals surface area contributed by atoms with Crippen LogP contribution in [-0.4, -0.2) is 26.1 Å². The maximum atomic E-state index is 12.3. The number of pyridine rings is 1. The van der Waals surface area contributed by atoms with Gasteiger partial charge in [-0.15, -0.1) is 0 Å². The van der Waals surface area contributed by atoms with Crippen LogP contribution in [-0.2, 0) is 5.41 Å². The van der Waals surface area contributed by atoms with Gasteiger partial charge in [0, 0.05) is 28.2 Å². The zero-order chi connectivity index (χ0) is 22.9. The van der Waals surface area contributed by atoms with Crippen molar-refractivity contribution in [1.82, 2.24) is 15.2 Å². The van der Waals surface area contributed by atoms with Gasteiger partial charge in [-0.3, -0.25) is 15.2 Å². The van der Waals surface area contributed by atoms with Crippen molar-refractivity contribution < 1.29 is 9.72 Å². The number of hydrogen-bond donors (Lipinski definition) is 3. The molecule has 0 aliphatic carbocycles. The molecule has 0 saturated heterocycles. The Morgan fingerprint density at radius 3 is 2.47 bits per heavy atom. The number of nitrogens with zero attached hydrogens (tertiary/aromatic N) is 3. The van der Waals surface area contributed by atoms with Crippen LogP contribution in [0.15, 0.2) is 60.8 Å². The molecule has 0 aliphatic rings. The highest BCUT2D eigenvalue weighted by molar-refractivity contribution is 6.01. The number of aromatic amines is 1. The van der Waals surface area contributed by atoms with Gasteiger partial charge in [-0.05, 0) is 35.4 Å². The normalized spacial score (nSPS) is 11.3. The predicted molar refractivity (Wildman–Crippen MR) is 124 cm³/mol. The summed E-state index contributed by atoms with van der Waals surface area (Å²) in [5.41, 5.74) is 3.98. The number of nitro groups is 1. The number of carbonyl (C=O) groups excluding carboxylic acids is 1. The molecule has 0 radical (unpaired) electrons. The summed E-state index contributed by atoms with van der Waals surface area (Å²) in [5.74, 6) is 0. The average Bonchev–Trinajstić information content (AvgIpc) is 3.22. The Morgan fingerprint density at radius 2 is 1.78 bits per heavy atom. The summed E-state index contributed by atoms with van der Waals surface area (Å²) in [4.78, 5) is 27.6. The van der Waals surface area contributed by atoms with Crippen LogP contribution in [0.1, 0.15) is 26.5 Å². The van der Waals surface area contributed by atoms with Crippen molar-refractivity contribution in [3.05, 3.63) is 76.6 Å². The highest BCUT2D eigenvalue weighted by Gasteiger charge is 2.19. The van der Waals surface area contributed by atoms with Crippen molar-refractivity contribution in [3.63, 3.8) is 0 Å². The molecular formula is C23H22N6O3. The first-order chi connectivity index (χ1) is 15.2. The highest BCUT2D eigenvalue weighted by atomic mass is 16.6. The quantitative estimate of drug-likeness (QED) is 0.292. The second kappa shape index (κ2) is 8.10. The zero-order valence-corrected chi connectivity index (χ0v) is 17.8.